The van der Waals surface area contributed by atoms with Gasteiger partial charge in [0.15, 0.2) is 0 Å². The Morgan fingerprint density at radius 3 is 2.55 bits per heavy atom. The van der Waals surface area contributed by atoms with Crippen molar-refractivity contribution in [2.75, 3.05) is 0 Å². The molecular formula is C10H16O. The van der Waals surface area contributed by atoms with Gasteiger partial charge < -0.3 is 4.79 Å². The van der Waals surface area contributed by atoms with Gasteiger partial charge in [-0.05, 0) is 25.2 Å². The van der Waals surface area contributed by atoms with Gasteiger partial charge in [-0.2, -0.15) is 0 Å². The molecule has 2 atom stereocenters. The number of hydrogen-bond donors (Lipinski definition) is 0. The highest BCUT2D eigenvalue weighted by Gasteiger charge is 2.27. The normalized spacial score (nSPS) is 30.3. The zero-order chi connectivity index (χ0) is 8.10. The van der Waals surface area contributed by atoms with Crippen LogP contribution in [0.15, 0.2) is 12.2 Å². The van der Waals surface area contributed by atoms with Crippen LogP contribution in [0.2, 0.25) is 0 Å². The fraction of sp³-hybridized carbons (Fsp3) is 0.700. The number of carbonyl (C=O) groups is 1. The Hall–Kier alpha value is -0.590. The van der Waals surface area contributed by atoms with E-state index < -0.39 is 0 Å². The number of allylic oxidation sites excluding steroid dienone is 2. The third-order valence-electron chi connectivity index (χ3n) is 2.40. The molecule has 1 heteroatoms. The van der Waals surface area contributed by atoms with Crippen LogP contribution in [0.25, 0.3) is 0 Å². The number of hydrogen-bond acceptors (Lipinski definition) is 1. The molecular weight excluding hydrogens is 136 g/mol. The summed E-state index contributed by atoms with van der Waals surface area (Å²) in [4.78, 5) is 10.4. The van der Waals surface area contributed by atoms with E-state index in [4.69, 9.17) is 0 Å². The average Bonchev–Trinajstić information content (AvgIpc) is 1.97. The Balaban J connectivity index is 2.21. The van der Waals surface area contributed by atoms with E-state index in [0.29, 0.717) is 11.8 Å². The first-order valence-corrected chi connectivity index (χ1v) is 4.50. The summed E-state index contributed by atoms with van der Waals surface area (Å²) in [6, 6.07) is 0. The second-order valence-corrected chi connectivity index (χ2v) is 3.26. The molecule has 1 fully saturated rings. The Morgan fingerprint density at radius 1 is 1.36 bits per heavy atom. The summed E-state index contributed by atoms with van der Waals surface area (Å²) in [5, 5.41) is 0. The summed E-state index contributed by atoms with van der Waals surface area (Å²) >= 11 is 0. The molecule has 0 spiro atoms. The van der Waals surface area contributed by atoms with Crippen LogP contribution in [0.1, 0.15) is 32.6 Å². The van der Waals surface area contributed by atoms with E-state index in [2.05, 4.69) is 19.1 Å². The highest BCUT2D eigenvalue weighted by molar-refractivity contribution is 5.56. The van der Waals surface area contributed by atoms with Gasteiger partial charge in [0.2, 0.25) is 0 Å². The average molecular weight is 152 g/mol. The molecule has 1 nitrogen and oxygen atoms in total. The molecule has 0 amide bonds. The fourth-order valence-electron chi connectivity index (χ4n) is 1.40. The van der Waals surface area contributed by atoms with E-state index >= 15 is 0 Å². The van der Waals surface area contributed by atoms with E-state index in [0.717, 1.165) is 19.1 Å². The van der Waals surface area contributed by atoms with Gasteiger partial charge in [0, 0.05) is 5.92 Å². The molecule has 0 N–H and O–H groups in total. The van der Waals surface area contributed by atoms with Crippen molar-refractivity contribution in [1.82, 2.24) is 0 Å². The van der Waals surface area contributed by atoms with Crippen LogP contribution in [-0.4, -0.2) is 6.29 Å². The third-order valence-corrected chi connectivity index (χ3v) is 2.40. The minimum absolute atomic E-state index is 0.336. The van der Waals surface area contributed by atoms with Gasteiger partial charge in [-0.3, -0.25) is 0 Å². The topological polar surface area (TPSA) is 17.1 Å². The number of rotatable bonds is 4. The van der Waals surface area contributed by atoms with Gasteiger partial charge in [0.1, 0.15) is 6.29 Å². The molecule has 0 aromatic rings. The van der Waals surface area contributed by atoms with Crippen molar-refractivity contribution in [1.29, 1.82) is 0 Å². The molecule has 62 valence electrons. The standard InChI is InChI=1S/C10H16O/c1-2-3-4-5-9-6-7-10(9)8-11/h4-5,8-10H,2-3,6-7H2,1H3/b5-4+/t9-,10+/m1/s1. The predicted octanol–water partition coefficient (Wildman–Crippen LogP) is 2.57. The summed E-state index contributed by atoms with van der Waals surface area (Å²) in [5.74, 6) is 0.905. The van der Waals surface area contributed by atoms with Crippen LogP contribution >= 0.6 is 0 Å². The highest BCUT2D eigenvalue weighted by Crippen LogP contribution is 2.33. The highest BCUT2D eigenvalue weighted by atomic mass is 16.1. The minimum Gasteiger partial charge on any atom is -0.303 e. The zero-order valence-electron chi connectivity index (χ0n) is 7.12. The second kappa shape index (κ2) is 4.32. The SMILES string of the molecule is CCC/C=C/[C@@H]1CC[C@H]1C=O. The summed E-state index contributed by atoms with van der Waals surface area (Å²) in [7, 11) is 0. The molecule has 0 saturated heterocycles. The third kappa shape index (κ3) is 2.18. The maximum Gasteiger partial charge on any atom is 0.123 e. The smallest absolute Gasteiger partial charge is 0.123 e. The molecule has 0 aromatic carbocycles. The van der Waals surface area contributed by atoms with Crippen LogP contribution < -0.4 is 0 Å². The van der Waals surface area contributed by atoms with E-state index in [9.17, 15) is 4.79 Å². The Morgan fingerprint density at radius 2 is 2.09 bits per heavy atom. The van der Waals surface area contributed by atoms with Crippen molar-refractivity contribution < 1.29 is 4.79 Å². The Kier molecular flexibility index (Phi) is 3.34. The Labute approximate surface area is 68.5 Å². The molecule has 1 rings (SSSR count). The lowest BCUT2D eigenvalue weighted by molar-refractivity contribution is -0.114. The zero-order valence-corrected chi connectivity index (χ0v) is 7.12. The van der Waals surface area contributed by atoms with Gasteiger partial charge in [0.25, 0.3) is 0 Å². The van der Waals surface area contributed by atoms with E-state index in [1.54, 1.807) is 0 Å². The molecule has 0 aliphatic heterocycles. The van der Waals surface area contributed by atoms with Crippen LogP contribution in [0.5, 0.6) is 0 Å². The van der Waals surface area contributed by atoms with Crippen molar-refractivity contribution in [3.63, 3.8) is 0 Å². The Bertz CT molecular complexity index is 149. The quantitative estimate of drug-likeness (QED) is 0.447. The molecule has 0 heterocycles. The maximum atomic E-state index is 10.4. The second-order valence-electron chi connectivity index (χ2n) is 3.26. The lowest BCUT2D eigenvalue weighted by atomic mass is 9.74. The first kappa shape index (κ1) is 8.51. The van der Waals surface area contributed by atoms with Crippen LogP contribution in [0.4, 0.5) is 0 Å². The maximum absolute atomic E-state index is 10.4. The summed E-state index contributed by atoms with van der Waals surface area (Å²) in [6.07, 6.45) is 10.2. The van der Waals surface area contributed by atoms with Gasteiger partial charge in [-0.1, -0.05) is 25.5 Å². The first-order valence-electron chi connectivity index (χ1n) is 4.50. The monoisotopic (exact) mass is 152 g/mol. The van der Waals surface area contributed by atoms with Crippen molar-refractivity contribution in [3.05, 3.63) is 12.2 Å². The van der Waals surface area contributed by atoms with E-state index in [1.165, 1.54) is 12.8 Å². The predicted molar refractivity (Wildman–Crippen MR) is 46.3 cm³/mol. The lowest BCUT2D eigenvalue weighted by Gasteiger charge is -2.29. The van der Waals surface area contributed by atoms with Crippen molar-refractivity contribution in [3.8, 4) is 0 Å². The molecule has 0 radical (unpaired) electrons. The van der Waals surface area contributed by atoms with Crippen molar-refractivity contribution in [2.45, 2.75) is 32.6 Å². The fourth-order valence-corrected chi connectivity index (χ4v) is 1.40. The van der Waals surface area contributed by atoms with Gasteiger partial charge >= 0.3 is 0 Å². The first-order chi connectivity index (χ1) is 5.38. The molecule has 1 aliphatic carbocycles. The lowest BCUT2D eigenvalue weighted by Crippen LogP contribution is -2.24. The molecule has 1 aliphatic rings. The summed E-state index contributed by atoms with van der Waals surface area (Å²) in [6.45, 7) is 2.17. The van der Waals surface area contributed by atoms with Gasteiger partial charge in [0.05, 0.1) is 0 Å². The van der Waals surface area contributed by atoms with Crippen LogP contribution in [0, 0.1) is 11.8 Å². The molecule has 1 saturated carbocycles. The number of aldehydes is 1. The largest absolute Gasteiger partial charge is 0.303 e. The van der Waals surface area contributed by atoms with E-state index in [-0.39, 0.29) is 0 Å². The molecule has 0 aromatic heterocycles. The van der Waals surface area contributed by atoms with Crippen molar-refractivity contribution in [2.24, 2.45) is 11.8 Å². The van der Waals surface area contributed by atoms with Crippen molar-refractivity contribution >= 4 is 6.29 Å². The van der Waals surface area contributed by atoms with Gasteiger partial charge in [-0.15, -0.1) is 0 Å². The summed E-state index contributed by atoms with van der Waals surface area (Å²) in [5.41, 5.74) is 0. The number of unbranched alkanes of at least 4 members (excludes halogenated alkanes) is 1. The molecule has 0 bridgehead atoms. The minimum atomic E-state index is 0.336. The number of carbonyl (C=O) groups excluding carboxylic acids is 1. The van der Waals surface area contributed by atoms with Gasteiger partial charge in [-0.25, -0.2) is 0 Å². The van der Waals surface area contributed by atoms with E-state index in [1.807, 2.05) is 0 Å². The van der Waals surface area contributed by atoms with Crippen LogP contribution in [-0.2, 0) is 4.79 Å². The summed E-state index contributed by atoms with van der Waals surface area (Å²) < 4.78 is 0. The molecule has 11 heavy (non-hydrogen) atoms. The molecule has 0 unspecified atom stereocenters. The van der Waals surface area contributed by atoms with Crippen LogP contribution in [0.3, 0.4) is 0 Å².